The van der Waals surface area contributed by atoms with Crippen LogP contribution in [-0.2, 0) is 0 Å². The Morgan fingerprint density at radius 3 is 2.12 bits per heavy atom. The lowest BCUT2D eigenvalue weighted by Gasteiger charge is -2.56. The summed E-state index contributed by atoms with van der Waals surface area (Å²) in [6.45, 7) is 12.5. The second-order valence-electron chi connectivity index (χ2n) is 6.20. The van der Waals surface area contributed by atoms with Gasteiger partial charge in [-0.15, -0.1) is 0 Å². The number of nitrogens with zero attached hydrogens (tertiary/aromatic N) is 1. The zero-order valence-electron chi connectivity index (χ0n) is 12.4. The molecule has 0 aromatic carbocycles. The van der Waals surface area contributed by atoms with Gasteiger partial charge in [-0.05, 0) is 31.2 Å². The van der Waals surface area contributed by atoms with Crippen LogP contribution in [0, 0.1) is 5.41 Å². The van der Waals surface area contributed by atoms with E-state index in [-0.39, 0.29) is 0 Å². The van der Waals surface area contributed by atoms with E-state index in [9.17, 15) is 0 Å². The molecule has 0 heterocycles. The minimum absolute atomic E-state index is 0.397. The van der Waals surface area contributed by atoms with Gasteiger partial charge < -0.3 is 5.73 Å². The Bertz CT molecular complexity index is 217. The van der Waals surface area contributed by atoms with Crippen LogP contribution in [-0.4, -0.2) is 30.1 Å². The van der Waals surface area contributed by atoms with E-state index in [0.29, 0.717) is 11.0 Å². The SMILES string of the molecule is CCN(CCN)C1(C(C)(C)CC)CCCCC1. The van der Waals surface area contributed by atoms with E-state index in [1.165, 1.54) is 38.5 Å². The predicted molar refractivity (Wildman–Crippen MR) is 76.2 cm³/mol. The number of hydrogen-bond acceptors (Lipinski definition) is 2. The summed E-state index contributed by atoms with van der Waals surface area (Å²) in [6, 6.07) is 0. The smallest absolute Gasteiger partial charge is 0.0260 e. The minimum atomic E-state index is 0.397. The summed E-state index contributed by atoms with van der Waals surface area (Å²) in [4.78, 5) is 2.68. The third-order valence-electron chi connectivity index (χ3n) is 5.21. The molecule has 0 aromatic rings. The number of likely N-dealkylation sites (N-methyl/N-ethyl adjacent to an activating group) is 1. The van der Waals surface area contributed by atoms with E-state index in [2.05, 4.69) is 32.6 Å². The first-order chi connectivity index (χ1) is 8.04. The molecule has 102 valence electrons. The Hall–Kier alpha value is -0.0800. The van der Waals surface area contributed by atoms with Crippen molar-refractivity contribution in [1.29, 1.82) is 0 Å². The molecule has 2 N–H and O–H groups in total. The molecule has 17 heavy (non-hydrogen) atoms. The standard InChI is InChI=1S/C15H32N2/c1-5-14(3,4)15(10-8-7-9-11-15)17(6-2)13-12-16/h5-13,16H2,1-4H3. The summed E-state index contributed by atoms with van der Waals surface area (Å²) >= 11 is 0. The molecule has 0 unspecified atom stereocenters. The first-order valence-electron chi connectivity index (χ1n) is 7.49. The van der Waals surface area contributed by atoms with Crippen molar-refractivity contribution in [3.8, 4) is 0 Å². The highest BCUT2D eigenvalue weighted by molar-refractivity contribution is 5.02. The van der Waals surface area contributed by atoms with E-state index in [4.69, 9.17) is 5.73 Å². The maximum absolute atomic E-state index is 5.81. The summed E-state index contributed by atoms with van der Waals surface area (Å²) in [5.41, 5.74) is 6.61. The zero-order valence-corrected chi connectivity index (χ0v) is 12.4. The minimum Gasteiger partial charge on any atom is -0.329 e. The van der Waals surface area contributed by atoms with Gasteiger partial charge in [-0.25, -0.2) is 0 Å². The lowest BCUT2D eigenvalue weighted by Crippen LogP contribution is -2.60. The van der Waals surface area contributed by atoms with Gasteiger partial charge in [-0.2, -0.15) is 0 Å². The maximum Gasteiger partial charge on any atom is 0.0260 e. The predicted octanol–water partition coefficient (Wildman–Crippen LogP) is 3.41. The molecule has 1 rings (SSSR count). The van der Waals surface area contributed by atoms with Crippen molar-refractivity contribution >= 4 is 0 Å². The van der Waals surface area contributed by atoms with Crippen LogP contribution < -0.4 is 5.73 Å². The van der Waals surface area contributed by atoms with E-state index >= 15 is 0 Å². The molecular formula is C15H32N2. The highest BCUT2D eigenvalue weighted by Gasteiger charge is 2.47. The molecule has 0 aromatic heterocycles. The molecule has 1 fully saturated rings. The molecule has 0 bridgehead atoms. The fourth-order valence-corrected chi connectivity index (χ4v) is 3.72. The largest absolute Gasteiger partial charge is 0.329 e. The summed E-state index contributed by atoms with van der Waals surface area (Å²) < 4.78 is 0. The maximum atomic E-state index is 5.81. The van der Waals surface area contributed by atoms with Gasteiger partial charge >= 0.3 is 0 Å². The highest BCUT2D eigenvalue weighted by atomic mass is 15.2. The van der Waals surface area contributed by atoms with Crippen molar-refractivity contribution in [2.75, 3.05) is 19.6 Å². The third-order valence-corrected chi connectivity index (χ3v) is 5.21. The van der Waals surface area contributed by atoms with E-state index in [0.717, 1.165) is 19.6 Å². The van der Waals surface area contributed by atoms with Crippen molar-refractivity contribution in [2.45, 2.75) is 71.8 Å². The topological polar surface area (TPSA) is 29.3 Å². The van der Waals surface area contributed by atoms with Gasteiger partial charge in [-0.3, -0.25) is 4.90 Å². The molecule has 1 aliphatic rings. The summed E-state index contributed by atoms with van der Waals surface area (Å²) in [5, 5.41) is 0. The molecule has 0 saturated heterocycles. The van der Waals surface area contributed by atoms with E-state index in [1.807, 2.05) is 0 Å². The highest BCUT2D eigenvalue weighted by Crippen LogP contribution is 2.48. The second kappa shape index (κ2) is 6.19. The normalized spacial score (nSPS) is 20.8. The Labute approximate surface area is 108 Å². The average Bonchev–Trinajstić information content (AvgIpc) is 2.36. The first kappa shape index (κ1) is 15.0. The second-order valence-corrected chi connectivity index (χ2v) is 6.20. The van der Waals surface area contributed by atoms with Gasteiger partial charge in [0.2, 0.25) is 0 Å². The Morgan fingerprint density at radius 1 is 1.12 bits per heavy atom. The van der Waals surface area contributed by atoms with Crippen molar-refractivity contribution in [2.24, 2.45) is 11.1 Å². The molecule has 1 saturated carbocycles. The summed E-state index contributed by atoms with van der Waals surface area (Å²) in [7, 11) is 0. The Balaban J connectivity index is 2.98. The van der Waals surface area contributed by atoms with Crippen LogP contribution in [0.3, 0.4) is 0 Å². The summed E-state index contributed by atoms with van der Waals surface area (Å²) in [5.74, 6) is 0. The monoisotopic (exact) mass is 240 g/mol. The molecule has 0 spiro atoms. The van der Waals surface area contributed by atoms with Gasteiger partial charge in [0.25, 0.3) is 0 Å². The van der Waals surface area contributed by atoms with Crippen LogP contribution in [0.1, 0.15) is 66.2 Å². The molecule has 0 radical (unpaired) electrons. The fourth-order valence-electron chi connectivity index (χ4n) is 3.72. The molecule has 2 heteroatoms. The first-order valence-corrected chi connectivity index (χ1v) is 7.49. The Kier molecular flexibility index (Phi) is 5.46. The van der Waals surface area contributed by atoms with Gasteiger partial charge in [0.1, 0.15) is 0 Å². The number of nitrogens with two attached hydrogens (primary N) is 1. The van der Waals surface area contributed by atoms with Crippen LogP contribution >= 0.6 is 0 Å². The van der Waals surface area contributed by atoms with Crippen molar-refractivity contribution in [1.82, 2.24) is 4.90 Å². The van der Waals surface area contributed by atoms with E-state index in [1.54, 1.807) is 0 Å². The average molecular weight is 240 g/mol. The third kappa shape index (κ3) is 2.85. The van der Waals surface area contributed by atoms with Crippen LogP contribution in [0.15, 0.2) is 0 Å². The van der Waals surface area contributed by atoms with Crippen molar-refractivity contribution in [3.63, 3.8) is 0 Å². The van der Waals surface area contributed by atoms with Crippen LogP contribution in [0.25, 0.3) is 0 Å². The number of hydrogen-bond donors (Lipinski definition) is 1. The van der Waals surface area contributed by atoms with Gasteiger partial charge in [-0.1, -0.05) is 47.0 Å². The van der Waals surface area contributed by atoms with Gasteiger partial charge in [0.15, 0.2) is 0 Å². The number of rotatable bonds is 6. The van der Waals surface area contributed by atoms with Crippen LogP contribution in [0.2, 0.25) is 0 Å². The molecule has 0 aliphatic heterocycles. The zero-order chi connectivity index (χ0) is 12.9. The quantitative estimate of drug-likeness (QED) is 0.771. The fraction of sp³-hybridized carbons (Fsp3) is 1.00. The molecule has 2 nitrogen and oxygen atoms in total. The molecule has 1 aliphatic carbocycles. The summed E-state index contributed by atoms with van der Waals surface area (Å²) in [6.07, 6.45) is 8.19. The van der Waals surface area contributed by atoms with Crippen LogP contribution in [0.4, 0.5) is 0 Å². The van der Waals surface area contributed by atoms with E-state index < -0.39 is 0 Å². The lowest BCUT2D eigenvalue weighted by atomic mass is 9.62. The van der Waals surface area contributed by atoms with Gasteiger partial charge in [0.05, 0.1) is 0 Å². The van der Waals surface area contributed by atoms with Gasteiger partial charge in [0, 0.05) is 18.6 Å². The molecular weight excluding hydrogens is 208 g/mol. The molecule has 0 atom stereocenters. The van der Waals surface area contributed by atoms with Crippen LogP contribution in [0.5, 0.6) is 0 Å². The van der Waals surface area contributed by atoms with Crippen molar-refractivity contribution < 1.29 is 0 Å². The van der Waals surface area contributed by atoms with Crippen molar-refractivity contribution in [3.05, 3.63) is 0 Å². The molecule has 0 amide bonds. The lowest BCUT2D eigenvalue weighted by molar-refractivity contribution is -0.0441. The Morgan fingerprint density at radius 2 is 1.71 bits per heavy atom.